The molecular weight excluding hydrogens is 212 g/mol. The highest BCUT2D eigenvalue weighted by molar-refractivity contribution is 5.92. The van der Waals surface area contributed by atoms with E-state index in [1.807, 2.05) is 7.05 Å². The minimum atomic E-state index is -0.572. The van der Waals surface area contributed by atoms with Gasteiger partial charge in [-0.25, -0.2) is 4.98 Å². The van der Waals surface area contributed by atoms with E-state index in [1.165, 1.54) is 12.1 Å². The molecule has 7 nitrogen and oxygen atoms in total. The van der Waals surface area contributed by atoms with E-state index in [9.17, 15) is 14.9 Å². The van der Waals surface area contributed by atoms with Gasteiger partial charge in [0.05, 0.1) is 0 Å². The zero-order chi connectivity index (χ0) is 12.0. The number of amides is 1. The average molecular weight is 226 g/mol. The molecule has 1 rings (SSSR count). The molecule has 0 unspecified atom stereocenters. The lowest BCUT2D eigenvalue weighted by molar-refractivity contribution is -0.389. The minimum Gasteiger partial charge on any atom is -0.358 e. The fourth-order valence-electron chi connectivity index (χ4n) is 1.18. The number of nitro groups is 1. The Balaban J connectivity index is 2.43. The summed E-state index contributed by atoms with van der Waals surface area (Å²) in [5.41, 5.74) is 0.205. The molecule has 1 heterocycles. The number of hydrogen-bond acceptors (Lipinski definition) is 4. The quantitative estimate of drug-likeness (QED) is 0.368. The lowest BCUT2D eigenvalue weighted by Crippen LogP contribution is -2.26. The van der Waals surface area contributed by atoms with Gasteiger partial charge >= 0.3 is 5.82 Å². The highest BCUT2D eigenvalue weighted by Crippen LogP contribution is 2.09. The van der Waals surface area contributed by atoms with Gasteiger partial charge in [0, 0.05) is 12.6 Å². The second-order valence-corrected chi connectivity index (χ2v) is 3.23. The number of carbonyl (C=O) groups excluding carboxylic acids is 1. The molecule has 0 aromatic carbocycles. The van der Waals surface area contributed by atoms with Gasteiger partial charge in [0.2, 0.25) is 0 Å². The fourth-order valence-corrected chi connectivity index (χ4v) is 1.18. The van der Waals surface area contributed by atoms with Crippen molar-refractivity contribution < 1.29 is 9.72 Å². The largest absolute Gasteiger partial charge is 0.358 e. The molecule has 0 bridgehead atoms. The van der Waals surface area contributed by atoms with Crippen LogP contribution >= 0.6 is 0 Å². The fraction of sp³-hybridized carbons (Fsp3) is 0.444. The summed E-state index contributed by atoms with van der Waals surface area (Å²) in [5, 5.41) is 16.0. The van der Waals surface area contributed by atoms with Gasteiger partial charge in [-0.1, -0.05) is 0 Å². The van der Waals surface area contributed by atoms with Gasteiger partial charge in [-0.05, 0) is 31.0 Å². The van der Waals surface area contributed by atoms with Crippen molar-refractivity contribution in [2.45, 2.75) is 6.42 Å². The topological polar surface area (TPSA) is 100 Å². The van der Waals surface area contributed by atoms with Crippen molar-refractivity contribution in [2.75, 3.05) is 20.1 Å². The number of aromatic nitrogens is 1. The number of H-pyrrole nitrogens is 1. The first kappa shape index (κ1) is 12.2. The van der Waals surface area contributed by atoms with Crippen LogP contribution in [0.3, 0.4) is 0 Å². The molecule has 0 radical (unpaired) electrons. The number of nitrogens with zero attached hydrogens (tertiary/aromatic N) is 1. The minimum absolute atomic E-state index is 0.180. The van der Waals surface area contributed by atoms with Crippen LogP contribution in [0.25, 0.3) is 0 Å². The highest BCUT2D eigenvalue weighted by atomic mass is 16.6. The molecule has 1 aromatic heterocycles. The monoisotopic (exact) mass is 226 g/mol. The van der Waals surface area contributed by atoms with Crippen LogP contribution in [0.5, 0.6) is 0 Å². The van der Waals surface area contributed by atoms with Gasteiger partial charge < -0.3 is 20.7 Å². The summed E-state index contributed by atoms with van der Waals surface area (Å²) in [5.74, 6) is -0.510. The van der Waals surface area contributed by atoms with E-state index in [0.717, 1.165) is 13.0 Å². The third-order valence-corrected chi connectivity index (χ3v) is 2.00. The van der Waals surface area contributed by atoms with Crippen LogP contribution in [0.1, 0.15) is 16.9 Å². The van der Waals surface area contributed by atoms with Gasteiger partial charge in [0.25, 0.3) is 5.91 Å². The van der Waals surface area contributed by atoms with Crippen molar-refractivity contribution in [1.29, 1.82) is 0 Å². The van der Waals surface area contributed by atoms with E-state index in [2.05, 4.69) is 15.6 Å². The molecule has 0 aliphatic carbocycles. The van der Waals surface area contributed by atoms with E-state index < -0.39 is 4.92 Å². The Hall–Kier alpha value is -1.89. The first-order valence-electron chi connectivity index (χ1n) is 4.91. The SMILES string of the molecule is CNCCCNC(=O)c1ccc([N+](=O)[O-])[nH]1. The van der Waals surface area contributed by atoms with Gasteiger partial charge in [0.1, 0.15) is 0 Å². The van der Waals surface area contributed by atoms with Crippen molar-refractivity contribution >= 4 is 11.7 Å². The van der Waals surface area contributed by atoms with Crippen molar-refractivity contribution in [3.63, 3.8) is 0 Å². The molecule has 3 N–H and O–H groups in total. The standard InChI is InChI=1S/C9H14N4O3/c1-10-5-2-6-11-9(14)7-3-4-8(12-7)13(15)16/h3-4,10,12H,2,5-6H2,1H3,(H,11,14). The molecule has 7 heteroatoms. The predicted molar refractivity (Wildman–Crippen MR) is 58.3 cm³/mol. The lowest BCUT2D eigenvalue weighted by atomic mass is 10.3. The maximum atomic E-state index is 11.5. The summed E-state index contributed by atoms with van der Waals surface area (Å²) in [4.78, 5) is 23.7. The third kappa shape index (κ3) is 3.35. The maximum Gasteiger partial charge on any atom is 0.321 e. The molecule has 88 valence electrons. The zero-order valence-corrected chi connectivity index (χ0v) is 8.95. The molecule has 1 amide bonds. The summed E-state index contributed by atoms with van der Waals surface area (Å²) in [6.45, 7) is 1.34. The summed E-state index contributed by atoms with van der Waals surface area (Å²) < 4.78 is 0. The van der Waals surface area contributed by atoms with Crippen molar-refractivity contribution in [1.82, 2.24) is 15.6 Å². The van der Waals surface area contributed by atoms with Crippen molar-refractivity contribution in [3.05, 3.63) is 27.9 Å². The highest BCUT2D eigenvalue weighted by Gasteiger charge is 2.14. The van der Waals surface area contributed by atoms with Crippen LogP contribution in [-0.4, -0.2) is 36.0 Å². The maximum absolute atomic E-state index is 11.5. The number of nitrogens with one attached hydrogen (secondary N) is 3. The second kappa shape index (κ2) is 5.86. The summed E-state index contributed by atoms with van der Waals surface area (Å²) >= 11 is 0. The molecule has 0 aliphatic rings. The van der Waals surface area contributed by atoms with Gasteiger partial charge in [0.15, 0.2) is 5.69 Å². The summed E-state index contributed by atoms with van der Waals surface area (Å²) in [6.07, 6.45) is 0.811. The molecule has 0 aliphatic heterocycles. The van der Waals surface area contributed by atoms with E-state index in [4.69, 9.17) is 0 Å². The van der Waals surface area contributed by atoms with E-state index in [1.54, 1.807) is 0 Å². The van der Waals surface area contributed by atoms with Crippen LogP contribution in [0, 0.1) is 10.1 Å². The molecular formula is C9H14N4O3. The Bertz CT molecular complexity index is 375. The van der Waals surface area contributed by atoms with Gasteiger partial charge in [-0.2, -0.15) is 0 Å². The molecule has 1 aromatic rings. The summed E-state index contributed by atoms with van der Waals surface area (Å²) in [7, 11) is 1.83. The molecule has 0 spiro atoms. The average Bonchev–Trinajstić information content (AvgIpc) is 2.73. The number of hydrogen-bond donors (Lipinski definition) is 3. The Morgan fingerprint density at radius 2 is 2.25 bits per heavy atom. The second-order valence-electron chi connectivity index (χ2n) is 3.23. The number of aromatic amines is 1. The zero-order valence-electron chi connectivity index (χ0n) is 8.95. The van der Waals surface area contributed by atoms with Crippen molar-refractivity contribution in [3.8, 4) is 0 Å². The van der Waals surface area contributed by atoms with E-state index >= 15 is 0 Å². The van der Waals surface area contributed by atoms with Crippen LogP contribution in [-0.2, 0) is 0 Å². The Morgan fingerprint density at radius 3 is 2.81 bits per heavy atom. The lowest BCUT2D eigenvalue weighted by Gasteiger charge is -2.01. The smallest absolute Gasteiger partial charge is 0.321 e. The Kier molecular flexibility index (Phi) is 4.46. The molecule has 16 heavy (non-hydrogen) atoms. The predicted octanol–water partition coefficient (Wildman–Crippen LogP) is 0.262. The first-order chi connectivity index (χ1) is 7.65. The molecule has 0 saturated carbocycles. The molecule has 0 fully saturated rings. The number of carbonyl (C=O) groups is 1. The Morgan fingerprint density at radius 1 is 1.50 bits per heavy atom. The normalized spacial score (nSPS) is 10.1. The molecule has 0 atom stereocenters. The van der Waals surface area contributed by atoms with Gasteiger partial charge in [-0.15, -0.1) is 0 Å². The first-order valence-corrected chi connectivity index (χ1v) is 4.91. The summed E-state index contributed by atoms with van der Waals surface area (Å²) in [6, 6.07) is 2.66. The van der Waals surface area contributed by atoms with Crippen LogP contribution in [0.15, 0.2) is 12.1 Å². The van der Waals surface area contributed by atoms with Crippen LogP contribution < -0.4 is 10.6 Å². The van der Waals surface area contributed by atoms with Gasteiger partial charge in [-0.3, -0.25) is 4.79 Å². The van der Waals surface area contributed by atoms with Crippen LogP contribution in [0.2, 0.25) is 0 Å². The van der Waals surface area contributed by atoms with Crippen LogP contribution in [0.4, 0.5) is 5.82 Å². The van der Waals surface area contributed by atoms with E-state index in [0.29, 0.717) is 6.54 Å². The number of rotatable bonds is 6. The third-order valence-electron chi connectivity index (χ3n) is 2.00. The van der Waals surface area contributed by atoms with E-state index in [-0.39, 0.29) is 17.4 Å². The van der Waals surface area contributed by atoms with Crippen molar-refractivity contribution in [2.24, 2.45) is 0 Å². The Labute approximate surface area is 92.4 Å². The molecule has 0 saturated heterocycles.